The first-order valence-electron chi connectivity index (χ1n) is 9.59. The first-order chi connectivity index (χ1) is 14.5. The fraction of sp³-hybridized carbons (Fsp3) is 0.125. The van der Waals surface area contributed by atoms with E-state index in [2.05, 4.69) is 10.3 Å². The van der Waals surface area contributed by atoms with E-state index in [4.69, 9.17) is 0 Å². The zero-order valence-corrected chi connectivity index (χ0v) is 17.6. The van der Waals surface area contributed by atoms with Crippen molar-refractivity contribution in [1.29, 1.82) is 0 Å². The number of thioether (sulfide) groups is 1. The largest absolute Gasteiger partial charge is 0.325 e. The van der Waals surface area contributed by atoms with E-state index in [1.807, 2.05) is 80.6 Å². The first kappa shape index (κ1) is 19.9. The molecule has 1 aromatic heterocycles. The summed E-state index contributed by atoms with van der Waals surface area (Å²) in [6, 6.07) is 22.6. The van der Waals surface area contributed by atoms with Gasteiger partial charge < -0.3 is 5.32 Å². The molecule has 1 N–H and O–H groups in total. The Labute approximate surface area is 178 Å². The van der Waals surface area contributed by atoms with Gasteiger partial charge >= 0.3 is 0 Å². The predicted octanol–water partition coefficient (Wildman–Crippen LogP) is 4.73. The molecule has 5 nitrogen and oxygen atoms in total. The number of nitrogens with one attached hydrogen (secondary N) is 1. The third-order valence-corrected chi connectivity index (χ3v) is 5.61. The molecule has 0 fully saturated rings. The summed E-state index contributed by atoms with van der Waals surface area (Å²) in [5, 5.41) is 3.93. The van der Waals surface area contributed by atoms with Gasteiger partial charge in [0.15, 0.2) is 5.16 Å². The normalized spacial score (nSPS) is 10.9. The van der Waals surface area contributed by atoms with Crippen LogP contribution in [0.1, 0.15) is 11.1 Å². The van der Waals surface area contributed by atoms with Gasteiger partial charge in [0.1, 0.15) is 0 Å². The van der Waals surface area contributed by atoms with Gasteiger partial charge in [0, 0.05) is 5.69 Å². The number of anilines is 1. The lowest BCUT2D eigenvalue weighted by molar-refractivity contribution is -0.113. The molecule has 6 heteroatoms. The van der Waals surface area contributed by atoms with Gasteiger partial charge in [-0.1, -0.05) is 53.7 Å². The Morgan fingerprint density at radius 1 is 0.967 bits per heavy atom. The van der Waals surface area contributed by atoms with Crippen molar-refractivity contribution in [3.8, 4) is 5.69 Å². The number of para-hydroxylation sites is 1. The highest BCUT2D eigenvalue weighted by atomic mass is 32.2. The molecule has 0 radical (unpaired) electrons. The second-order valence-electron chi connectivity index (χ2n) is 7.09. The maximum absolute atomic E-state index is 13.2. The fourth-order valence-electron chi connectivity index (χ4n) is 3.18. The quantitative estimate of drug-likeness (QED) is 0.378. The Morgan fingerprint density at radius 3 is 2.50 bits per heavy atom. The minimum absolute atomic E-state index is 0.143. The van der Waals surface area contributed by atoms with Crippen LogP contribution in [0.4, 0.5) is 5.69 Å². The average Bonchev–Trinajstić information content (AvgIpc) is 2.73. The van der Waals surface area contributed by atoms with E-state index >= 15 is 0 Å². The van der Waals surface area contributed by atoms with E-state index in [-0.39, 0.29) is 17.2 Å². The third kappa shape index (κ3) is 4.28. The second kappa shape index (κ2) is 8.55. The Bertz CT molecular complexity index is 1280. The molecule has 0 spiro atoms. The van der Waals surface area contributed by atoms with Crippen LogP contribution in [0.5, 0.6) is 0 Å². The van der Waals surface area contributed by atoms with Crippen molar-refractivity contribution in [2.24, 2.45) is 0 Å². The number of fused-ring (bicyclic) bond motifs is 1. The molecule has 0 atom stereocenters. The van der Waals surface area contributed by atoms with Crippen molar-refractivity contribution < 1.29 is 4.79 Å². The number of amides is 1. The monoisotopic (exact) mass is 415 g/mol. The van der Waals surface area contributed by atoms with Crippen LogP contribution in [0.25, 0.3) is 16.6 Å². The third-order valence-electron chi connectivity index (χ3n) is 4.67. The lowest BCUT2D eigenvalue weighted by Crippen LogP contribution is -2.23. The molecule has 0 aliphatic rings. The number of benzene rings is 3. The summed E-state index contributed by atoms with van der Waals surface area (Å²) >= 11 is 1.25. The zero-order valence-electron chi connectivity index (χ0n) is 16.8. The van der Waals surface area contributed by atoms with E-state index in [0.717, 1.165) is 22.5 Å². The highest BCUT2D eigenvalue weighted by Gasteiger charge is 2.15. The molecular weight excluding hydrogens is 394 g/mol. The van der Waals surface area contributed by atoms with Crippen LogP contribution in [0, 0.1) is 13.8 Å². The lowest BCUT2D eigenvalue weighted by atomic mass is 10.2. The van der Waals surface area contributed by atoms with E-state index in [1.165, 1.54) is 11.8 Å². The standard InChI is InChI=1S/C24H21N3O2S/c1-16-10-12-19(13-11-16)27-23(29)20-8-3-4-9-21(20)26-24(27)30-15-22(28)25-18-7-5-6-17(2)14-18/h3-14H,15H2,1-2H3,(H,25,28). The molecule has 4 rings (SSSR count). The molecule has 1 heterocycles. The zero-order chi connectivity index (χ0) is 21.1. The molecule has 0 saturated carbocycles. The Kier molecular flexibility index (Phi) is 5.68. The van der Waals surface area contributed by atoms with Crippen LogP contribution in [-0.4, -0.2) is 21.2 Å². The van der Waals surface area contributed by atoms with Gasteiger partial charge in [-0.2, -0.15) is 0 Å². The van der Waals surface area contributed by atoms with Crippen LogP contribution >= 0.6 is 11.8 Å². The number of carbonyl (C=O) groups is 1. The molecule has 0 bridgehead atoms. The number of nitrogens with zero attached hydrogens (tertiary/aromatic N) is 2. The highest BCUT2D eigenvalue weighted by Crippen LogP contribution is 2.22. The van der Waals surface area contributed by atoms with E-state index in [1.54, 1.807) is 10.6 Å². The van der Waals surface area contributed by atoms with E-state index in [9.17, 15) is 9.59 Å². The van der Waals surface area contributed by atoms with Gasteiger partial charge in [-0.15, -0.1) is 0 Å². The van der Waals surface area contributed by atoms with E-state index in [0.29, 0.717) is 16.1 Å². The highest BCUT2D eigenvalue weighted by molar-refractivity contribution is 7.99. The SMILES string of the molecule is Cc1ccc(-n2c(SCC(=O)Nc3cccc(C)c3)nc3ccccc3c2=O)cc1. The summed E-state index contributed by atoms with van der Waals surface area (Å²) in [7, 11) is 0. The summed E-state index contributed by atoms with van der Waals surface area (Å²) in [4.78, 5) is 30.4. The number of hydrogen-bond donors (Lipinski definition) is 1. The Balaban J connectivity index is 1.67. The molecule has 150 valence electrons. The minimum Gasteiger partial charge on any atom is -0.325 e. The van der Waals surface area contributed by atoms with Crippen LogP contribution in [0.15, 0.2) is 82.7 Å². The summed E-state index contributed by atoms with van der Waals surface area (Å²) in [5.41, 5.74) is 4.13. The second-order valence-corrected chi connectivity index (χ2v) is 8.04. The summed E-state index contributed by atoms with van der Waals surface area (Å²) in [6.45, 7) is 3.97. The van der Waals surface area contributed by atoms with Gasteiger partial charge in [-0.05, 0) is 55.8 Å². The number of hydrogen-bond acceptors (Lipinski definition) is 4. The van der Waals surface area contributed by atoms with Crippen molar-refractivity contribution in [2.75, 3.05) is 11.1 Å². The van der Waals surface area contributed by atoms with Gasteiger partial charge in [-0.25, -0.2) is 4.98 Å². The lowest BCUT2D eigenvalue weighted by Gasteiger charge is -2.13. The van der Waals surface area contributed by atoms with Crippen molar-refractivity contribution >= 4 is 34.3 Å². The van der Waals surface area contributed by atoms with Crippen LogP contribution in [-0.2, 0) is 4.79 Å². The molecule has 30 heavy (non-hydrogen) atoms. The number of aryl methyl sites for hydroxylation is 2. The van der Waals surface area contributed by atoms with Crippen LogP contribution in [0.2, 0.25) is 0 Å². The number of carbonyl (C=O) groups excluding carboxylic acids is 1. The molecule has 0 saturated heterocycles. The van der Waals surface area contributed by atoms with Gasteiger partial charge in [0.2, 0.25) is 5.91 Å². The number of rotatable bonds is 5. The topological polar surface area (TPSA) is 64.0 Å². The fourth-order valence-corrected chi connectivity index (χ4v) is 3.99. The molecule has 0 unspecified atom stereocenters. The molecular formula is C24H21N3O2S. The van der Waals surface area contributed by atoms with Gasteiger partial charge in [0.05, 0.1) is 22.3 Å². The van der Waals surface area contributed by atoms with Crippen molar-refractivity contribution in [3.05, 3.63) is 94.3 Å². The molecule has 0 aliphatic heterocycles. The smallest absolute Gasteiger partial charge is 0.266 e. The number of aromatic nitrogens is 2. The maximum atomic E-state index is 13.2. The Morgan fingerprint density at radius 2 is 1.73 bits per heavy atom. The molecule has 0 aliphatic carbocycles. The summed E-state index contributed by atoms with van der Waals surface area (Å²) in [6.07, 6.45) is 0. The van der Waals surface area contributed by atoms with Crippen molar-refractivity contribution in [2.45, 2.75) is 19.0 Å². The van der Waals surface area contributed by atoms with E-state index < -0.39 is 0 Å². The van der Waals surface area contributed by atoms with Gasteiger partial charge in [-0.3, -0.25) is 14.2 Å². The van der Waals surface area contributed by atoms with Crippen LogP contribution < -0.4 is 10.9 Å². The Hall–Kier alpha value is -3.38. The van der Waals surface area contributed by atoms with Crippen LogP contribution in [0.3, 0.4) is 0 Å². The summed E-state index contributed by atoms with van der Waals surface area (Å²) < 4.78 is 1.58. The maximum Gasteiger partial charge on any atom is 0.266 e. The minimum atomic E-state index is -0.150. The summed E-state index contributed by atoms with van der Waals surface area (Å²) in [5.74, 6) is -0.00613. The van der Waals surface area contributed by atoms with Crippen molar-refractivity contribution in [3.63, 3.8) is 0 Å². The van der Waals surface area contributed by atoms with Crippen molar-refractivity contribution in [1.82, 2.24) is 9.55 Å². The molecule has 1 amide bonds. The molecule has 3 aromatic carbocycles. The first-order valence-corrected chi connectivity index (χ1v) is 10.6. The van der Waals surface area contributed by atoms with Gasteiger partial charge in [0.25, 0.3) is 5.56 Å². The average molecular weight is 416 g/mol. The predicted molar refractivity (Wildman–Crippen MR) is 123 cm³/mol. The molecule has 4 aromatic rings.